The van der Waals surface area contributed by atoms with Crippen LogP contribution in [0.5, 0.6) is 0 Å². The van der Waals surface area contributed by atoms with E-state index in [1.54, 1.807) is 0 Å². The molecule has 0 aromatic heterocycles. The maximum absolute atomic E-state index is 8.95. The van der Waals surface area contributed by atoms with Crippen LogP contribution in [0.25, 0.3) is 0 Å². The van der Waals surface area contributed by atoms with Gasteiger partial charge in [0.1, 0.15) is 0 Å². The third kappa shape index (κ3) is 1.84. The number of rotatable bonds is 3. The zero-order valence-corrected chi connectivity index (χ0v) is 8.87. The topological polar surface area (TPSA) is 32.6 Å². The summed E-state index contributed by atoms with van der Waals surface area (Å²) in [5.74, 6) is 1.64. The maximum Gasteiger partial charge on any atom is 0.0824 e. The van der Waals surface area contributed by atoms with Gasteiger partial charge in [0.15, 0.2) is 0 Å². The highest BCUT2D eigenvalue weighted by Gasteiger charge is 2.29. The van der Waals surface area contributed by atoms with Crippen LogP contribution in [0.1, 0.15) is 45.4 Å². The van der Waals surface area contributed by atoms with Crippen molar-refractivity contribution in [1.29, 1.82) is 0 Å². The van der Waals surface area contributed by atoms with Crippen molar-refractivity contribution in [3.8, 4) is 0 Å². The van der Waals surface area contributed by atoms with Crippen LogP contribution in [-0.4, -0.2) is 10.9 Å². The standard InChI is InChI=1S/C12H19NO/c1-2-3-12(13-14)11-7-9-4-5-10(6-9)8-11/h7,9-10,14H,2-6,8H2,1H3/b13-12-. The minimum absolute atomic E-state index is 0.775. The van der Waals surface area contributed by atoms with Crippen molar-refractivity contribution in [2.24, 2.45) is 17.0 Å². The van der Waals surface area contributed by atoms with Gasteiger partial charge >= 0.3 is 0 Å². The molecule has 78 valence electrons. The molecule has 0 aromatic carbocycles. The average molecular weight is 193 g/mol. The lowest BCUT2D eigenvalue weighted by Crippen LogP contribution is -2.12. The number of allylic oxidation sites excluding steroid dienone is 2. The van der Waals surface area contributed by atoms with Crippen LogP contribution >= 0.6 is 0 Å². The summed E-state index contributed by atoms with van der Waals surface area (Å²) in [6.45, 7) is 2.13. The summed E-state index contributed by atoms with van der Waals surface area (Å²) in [7, 11) is 0. The number of nitrogens with zero attached hydrogens (tertiary/aromatic N) is 1. The Kier molecular flexibility index (Phi) is 2.90. The third-order valence-electron chi connectivity index (χ3n) is 3.51. The molecule has 0 heterocycles. The van der Waals surface area contributed by atoms with E-state index in [0.717, 1.165) is 36.8 Å². The molecule has 2 rings (SSSR count). The second kappa shape index (κ2) is 4.16. The summed E-state index contributed by atoms with van der Waals surface area (Å²) in [6, 6.07) is 0. The van der Waals surface area contributed by atoms with Gasteiger partial charge in [0, 0.05) is 0 Å². The zero-order valence-electron chi connectivity index (χ0n) is 8.87. The van der Waals surface area contributed by atoms with Crippen molar-refractivity contribution in [2.75, 3.05) is 0 Å². The molecule has 2 aliphatic rings. The Labute approximate surface area is 85.7 Å². The first-order chi connectivity index (χ1) is 6.83. The predicted octanol–water partition coefficient (Wildman–Crippen LogP) is 3.36. The summed E-state index contributed by atoms with van der Waals surface area (Å²) in [4.78, 5) is 0. The highest BCUT2D eigenvalue weighted by atomic mass is 16.4. The number of oxime groups is 1. The smallest absolute Gasteiger partial charge is 0.0824 e. The first-order valence-electron chi connectivity index (χ1n) is 5.75. The summed E-state index contributed by atoms with van der Waals surface area (Å²) in [5.41, 5.74) is 2.26. The number of fused-ring (bicyclic) bond motifs is 2. The Morgan fingerprint density at radius 3 is 3.07 bits per heavy atom. The minimum Gasteiger partial charge on any atom is -0.411 e. The molecule has 2 heteroatoms. The van der Waals surface area contributed by atoms with Gasteiger partial charge in [-0.15, -0.1) is 0 Å². The van der Waals surface area contributed by atoms with Crippen molar-refractivity contribution in [2.45, 2.75) is 45.4 Å². The van der Waals surface area contributed by atoms with E-state index < -0.39 is 0 Å². The molecule has 1 saturated carbocycles. The molecule has 0 radical (unpaired) electrons. The van der Waals surface area contributed by atoms with E-state index in [1.807, 2.05) is 0 Å². The van der Waals surface area contributed by atoms with Crippen LogP contribution in [0, 0.1) is 11.8 Å². The van der Waals surface area contributed by atoms with Crippen molar-refractivity contribution in [3.05, 3.63) is 11.6 Å². The van der Waals surface area contributed by atoms with Gasteiger partial charge in [0.2, 0.25) is 0 Å². The van der Waals surface area contributed by atoms with E-state index in [9.17, 15) is 0 Å². The molecule has 2 nitrogen and oxygen atoms in total. The maximum atomic E-state index is 8.95. The fraction of sp³-hybridized carbons (Fsp3) is 0.750. The van der Waals surface area contributed by atoms with Gasteiger partial charge < -0.3 is 5.21 Å². The van der Waals surface area contributed by atoms with Gasteiger partial charge in [-0.25, -0.2) is 0 Å². The fourth-order valence-electron chi connectivity index (χ4n) is 2.84. The second-order valence-corrected chi connectivity index (χ2v) is 4.63. The molecule has 0 saturated heterocycles. The first-order valence-corrected chi connectivity index (χ1v) is 5.75. The van der Waals surface area contributed by atoms with Crippen LogP contribution < -0.4 is 0 Å². The molecule has 0 aromatic rings. The highest BCUT2D eigenvalue weighted by Crippen LogP contribution is 2.41. The summed E-state index contributed by atoms with van der Waals surface area (Å²) in [5, 5.41) is 12.4. The van der Waals surface area contributed by atoms with Crippen LogP contribution in [-0.2, 0) is 0 Å². The van der Waals surface area contributed by atoms with Crippen molar-refractivity contribution < 1.29 is 5.21 Å². The van der Waals surface area contributed by atoms with Crippen LogP contribution in [0.3, 0.4) is 0 Å². The lowest BCUT2D eigenvalue weighted by molar-refractivity contribution is 0.317. The Bertz CT molecular complexity index is 267. The molecule has 2 unspecified atom stereocenters. The average Bonchev–Trinajstić information content (AvgIpc) is 2.54. The number of hydrogen-bond acceptors (Lipinski definition) is 2. The Hall–Kier alpha value is -0.790. The monoisotopic (exact) mass is 193 g/mol. The van der Waals surface area contributed by atoms with E-state index in [0.29, 0.717) is 0 Å². The molecule has 0 spiro atoms. The highest BCUT2D eigenvalue weighted by molar-refractivity contribution is 5.99. The predicted molar refractivity (Wildman–Crippen MR) is 57.7 cm³/mol. The van der Waals surface area contributed by atoms with E-state index in [4.69, 9.17) is 5.21 Å². The van der Waals surface area contributed by atoms with Crippen molar-refractivity contribution >= 4 is 5.71 Å². The normalized spacial score (nSPS) is 31.8. The molecule has 0 aliphatic heterocycles. The van der Waals surface area contributed by atoms with Crippen LogP contribution in [0.15, 0.2) is 16.8 Å². The molecule has 14 heavy (non-hydrogen) atoms. The van der Waals surface area contributed by atoms with Crippen molar-refractivity contribution in [3.63, 3.8) is 0 Å². The molecule has 2 aliphatic carbocycles. The molecule has 1 fully saturated rings. The van der Waals surface area contributed by atoms with Gasteiger partial charge in [0.25, 0.3) is 0 Å². The SMILES string of the molecule is CCC/C(=N/O)C1=CC2CCC(C1)C2. The van der Waals surface area contributed by atoms with E-state index in [-0.39, 0.29) is 0 Å². The molecule has 2 bridgehead atoms. The molecular weight excluding hydrogens is 174 g/mol. The van der Waals surface area contributed by atoms with Gasteiger partial charge in [-0.05, 0) is 49.5 Å². The third-order valence-corrected chi connectivity index (χ3v) is 3.51. The Morgan fingerprint density at radius 1 is 1.57 bits per heavy atom. The van der Waals surface area contributed by atoms with Crippen LogP contribution in [0.4, 0.5) is 0 Å². The fourth-order valence-corrected chi connectivity index (χ4v) is 2.84. The Morgan fingerprint density at radius 2 is 2.43 bits per heavy atom. The van der Waals surface area contributed by atoms with E-state index in [2.05, 4.69) is 18.2 Å². The van der Waals surface area contributed by atoms with Gasteiger partial charge in [-0.2, -0.15) is 0 Å². The molecule has 0 amide bonds. The lowest BCUT2D eigenvalue weighted by Gasteiger charge is -2.19. The van der Waals surface area contributed by atoms with Crippen LogP contribution in [0.2, 0.25) is 0 Å². The van der Waals surface area contributed by atoms with Gasteiger partial charge in [-0.1, -0.05) is 24.6 Å². The molecule has 1 N–H and O–H groups in total. The molecule has 2 atom stereocenters. The van der Waals surface area contributed by atoms with Gasteiger partial charge in [-0.3, -0.25) is 0 Å². The lowest BCUT2D eigenvalue weighted by atomic mass is 9.86. The summed E-state index contributed by atoms with van der Waals surface area (Å²) in [6.07, 6.45) is 9.57. The van der Waals surface area contributed by atoms with E-state index in [1.165, 1.54) is 24.8 Å². The van der Waals surface area contributed by atoms with E-state index >= 15 is 0 Å². The second-order valence-electron chi connectivity index (χ2n) is 4.63. The molecular formula is C12H19NO. The first kappa shape index (κ1) is 9.75. The number of hydrogen-bond donors (Lipinski definition) is 1. The zero-order chi connectivity index (χ0) is 9.97. The quantitative estimate of drug-likeness (QED) is 0.416. The van der Waals surface area contributed by atoms with Crippen molar-refractivity contribution in [1.82, 2.24) is 0 Å². The Balaban J connectivity index is 2.10. The minimum atomic E-state index is 0.775. The summed E-state index contributed by atoms with van der Waals surface area (Å²) < 4.78 is 0. The largest absolute Gasteiger partial charge is 0.411 e. The summed E-state index contributed by atoms with van der Waals surface area (Å²) >= 11 is 0. The van der Waals surface area contributed by atoms with Gasteiger partial charge in [0.05, 0.1) is 5.71 Å².